The second-order valence-corrected chi connectivity index (χ2v) is 4.16. The van der Waals surface area contributed by atoms with Gasteiger partial charge in [-0.1, -0.05) is 0 Å². The number of carbonyl (C=O) groups excluding carboxylic acids is 1. The molecule has 0 unspecified atom stereocenters. The molecule has 0 aliphatic rings. The number of rotatable bonds is 5. The zero-order valence-electron chi connectivity index (χ0n) is 10.9. The Labute approximate surface area is 119 Å². The van der Waals surface area contributed by atoms with Gasteiger partial charge in [0, 0.05) is 30.0 Å². The molecular formula is C12H14F2N4OS. The number of urea groups is 1. The van der Waals surface area contributed by atoms with Crippen LogP contribution in [0.5, 0.6) is 0 Å². The van der Waals surface area contributed by atoms with Crippen LogP contribution in [0.2, 0.25) is 0 Å². The summed E-state index contributed by atoms with van der Waals surface area (Å²) in [5, 5.41) is 4.86. The smallest absolute Gasteiger partial charge is 0.314 e. The van der Waals surface area contributed by atoms with E-state index in [2.05, 4.69) is 20.0 Å². The van der Waals surface area contributed by atoms with Crippen LogP contribution in [-0.4, -0.2) is 29.4 Å². The fourth-order valence-electron chi connectivity index (χ4n) is 1.24. The average Bonchev–Trinajstić information content (AvgIpc) is 2.37. The number of nitrogens with one attached hydrogen (secondary N) is 2. The molecule has 2 N–H and O–H groups in total. The molecule has 0 saturated heterocycles. The second kappa shape index (κ2) is 8.26. The number of anilines is 1. The van der Waals surface area contributed by atoms with Crippen LogP contribution >= 0.6 is 11.9 Å². The Bertz CT molecular complexity index is 520. The summed E-state index contributed by atoms with van der Waals surface area (Å²) in [5.41, 5.74) is 0.915. The Morgan fingerprint density at radius 3 is 2.90 bits per heavy atom. The highest BCUT2D eigenvalue weighted by atomic mass is 32.2. The number of amides is 2. The maximum atomic E-state index is 12.5. The van der Waals surface area contributed by atoms with Gasteiger partial charge in [-0.05, 0) is 37.1 Å². The summed E-state index contributed by atoms with van der Waals surface area (Å²) in [4.78, 5) is 15.5. The Morgan fingerprint density at radius 2 is 2.30 bits per heavy atom. The maximum absolute atomic E-state index is 12.5. The molecule has 0 bridgehead atoms. The highest BCUT2D eigenvalue weighted by Gasteiger charge is 2.09. The molecule has 108 valence electrons. The van der Waals surface area contributed by atoms with E-state index in [-0.39, 0.29) is 0 Å². The Hall–Kier alpha value is -1.96. The summed E-state index contributed by atoms with van der Waals surface area (Å²) in [6.07, 6.45) is 2.61. The first-order valence-electron chi connectivity index (χ1n) is 5.59. The minimum Gasteiger partial charge on any atom is -0.314 e. The summed E-state index contributed by atoms with van der Waals surface area (Å²) in [6.45, 7) is 1.79. The van der Waals surface area contributed by atoms with Gasteiger partial charge < -0.3 is 10.6 Å². The van der Waals surface area contributed by atoms with Crippen molar-refractivity contribution in [3.63, 3.8) is 0 Å². The predicted molar refractivity (Wildman–Crippen MR) is 77.2 cm³/mol. The molecule has 0 fully saturated rings. The van der Waals surface area contributed by atoms with E-state index < -0.39 is 18.2 Å². The van der Waals surface area contributed by atoms with Crippen molar-refractivity contribution >= 4 is 29.4 Å². The minimum absolute atomic E-state index is 0.405. The van der Waals surface area contributed by atoms with Gasteiger partial charge in [-0.25, -0.2) is 18.0 Å². The topological polar surface area (TPSA) is 66.4 Å². The van der Waals surface area contributed by atoms with Crippen LogP contribution in [0.15, 0.2) is 35.0 Å². The molecule has 0 aliphatic heterocycles. The molecule has 1 aromatic rings. The fraction of sp³-hybridized carbons (Fsp3) is 0.250. The van der Waals surface area contributed by atoms with Gasteiger partial charge in [0.05, 0.1) is 0 Å². The van der Waals surface area contributed by atoms with Crippen molar-refractivity contribution in [3.8, 4) is 0 Å². The molecule has 0 radical (unpaired) electrons. The standard InChI is InChI=1S/C12H14F2N4OS/c1-8-7-9(3-5-15-8)17-12(19)16-6-4-10(11(13)14)18-20-2/h3-7,11H,1-2H3,(H2,15,16,17,19)/b6-4+,18-10+. The van der Waals surface area contributed by atoms with E-state index in [4.69, 9.17) is 0 Å². The van der Waals surface area contributed by atoms with Crippen molar-refractivity contribution in [1.29, 1.82) is 0 Å². The molecule has 0 saturated carbocycles. The van der Waals surface area contributed by atoms with Crippen LogP contribution in [0.1, 0.15) is 5.69 Å². The number of pyridine rings is 1. The molecule has 0 atom stereocenters. The number of aryl methyl sites for hydroxylation is 1. The number of hydrogen-bond acceptors (Lipinski definition) is 4. The van der Waals surface area contributed by atoms with E-state index in [1.165, 1.54) is 0 Å². The van der Waals surface area contributed by atoms with Gasteiger partial charge in [0.2, 0.25) is 0 Å². The van der Waals surface area contributed by atoms with Crippen LogP contribution in [0.3, 0.4) is 0 Å². The number of alkyl halides is 2. The number of hydrogen-bond donors (Lipinski definition) is 2. The van der Waals surface area contributed by atoms with Crippen molar-refractivity contribution in [3.05, 3.63) is 36.3 Å². The molecule has 0 aromatic carbocycles. The number of allylic oxidation sites excluding steroid dienone is 1. The Balaban J connectivity index is 2.53. The molecule has 5 nitrogen and oxygen atoms in total. The number of carbonyl (C=O) groups is 1. The van der Waals surface area contributed by atoms with Crippen molar-refractivity contribution in [2.75, 3.05) is 11.6 Å². The van der Waals surface area contributed by atoms with Gasteiger partial charge in [0.25, 0.3) is 6.43 Å². The van der Waals surface area contributed by atoms with Gasteiger partial charge in [-0.15, -0.1) is 0 Å². The van der Waals surface area contributed by atoms with E-state index in [1.54, 1.807) is 31.5 Å². The average molecular weight is 300 g/mol. The second-order valence-electron chi connectivity index (χ2n) is 3.62. The van der Waals surface area contributed by atoms with Gasteiger partial charge in [-0.3, -0.25) is 4.98 Å². The van der Waals surface area contributed by atoms with Crippen molar-refractivity contribution in [2.24, 2.45) is 4.40 Å². The first kappa shape index (κ1) is 16.1. The SMILES string of the molecule is CS/N=C(\C=C\NC(=O)Nc1ccnc(C)c1)C(F)F. The van der Waals surface area contributed by atoms with Crippen LogP contribution < -0.4 is 10.6 Å². The van der Waals surface area contributed by atoms with Gasteiger partial charge >= 0.3 is 6.03 Å². The lowest BCUT2D eigenvalue weighted by molar-refractivity contribution is 0.227. The molecule has 8 heteroatoms. The van der Waals surface area contributed by atoms with E-state index in [1.807, 2.05) is 0 Å². The number of nitrogens with zero attached hydrogens (tertiary/aromatic N) is 2. The lowest BCUT2D eigenvalue weighted by Crippen LogP contribution is -2.24. The number of aromatic nitrogens is 1. The minimum atomic E-state index is -2.69. The zero-order valence-corrected chi connectivity index (χ0v) is 11.7. The first-order chi connectivity index (χ1) is 9.52. The maximum Gasteiger partial charge on any atom is 0.323 e. The van der Waals surface area contributed by atoms with Crippen molar-refractivity contribution in [1.82, 2.24) is 10.3 Å². The lowest BCUT2D eigenvalue weighted by Gasteiger charge is -2.05. The van der Waals surface area contributed by atoms with Gasteiger partial charge in [0.1, 0.15) is 5.71 Å². The van der Waals surface area contributed by atoms with E-state index in [0.29, 0.717) is 5.69 Å². The van der Waals surface area contributed by atoms with Crippen molar-refractivity contribution in [2.45, 2.75) is 13.3 Å². The molecule has 1 aromatic heterocycles. The quantitative estimate of drug-likeness (QED) is 0.649. The predicted octanol–water partition coefficient (Wildman–Crippen LogP) is 3.01. The van der Waals surface area contributed by atoms with Crippen LogP contribution in [0, 0.1) is 6.92 Å². The highest BCUT2D eigenvalue weighted by molar-refractivity contribution is 7.97. The molecule has 1 heterocycles. The van der Waals surface area contributed by atoms with Crippen LogP contribution in [0.25, 0.3) is 0 Å². The third-order valence-electron chi connectivity index (χ3n) is 2.04. The van der Waals surface area contributed by atoms with Crippen molar-refractivity contribution < 1.29 is 13.6 Å². The lowest BCUT2D eigenvalue weighted by atomic mass is 10.3. The normalized spacial score (nSPS) is 11.9. The van der Waals surface area contributed by atoms with E-state index in [9.17, 15) is 13.6 Å². The van der Waals surface area contributed by atoms with E-state index >= 15 is 0 Å². The summed E-state index contributed by atoms with van der Waals surface area (Å²) in [5.74, 6) is 0. The van der Waals surface area contributed by atoms with E-state index in [0.717, 1.165) is 29.9 Å². The Morgan fingerprint density at radius 1 is 1.55 bits per heavy atom. The third kappa shape index (κ3) is 5.79. The molecule has 1 rings (SSSR count). The monoisotopic (exact) mass is 300 g/mol. The fourth-order valence-corrected chi connectivity index (χ4v) is 1.59. The summed E-state index contributed by atoms with van der Waals surface area (Å²) < 4.78 is 28.5. The van der Waals surface area contributed by atoms with Gasteiger partial charge in [0.15, 0.2) is 0 Å². The van der Waals surface area contributed by atoms with Crippen LogP contribution in [-0.2, 0) is 0 Å². The molecule has 0 spiro atoms. The summed E-state index contributed by atoms with van der Waals surface area (Å²) in [7, 11) is 0. The third-order valence-corrected chi connectivity index (χ3v) is 2.44. The largest absolute Gasteiger partial charge is 0.323 e. The first-order valence-corrected chi connectivity index (χ1v) is 6.77. The van der Waals surface area contributed by atoms with Crippen LogP contribution in [0.4, 0.5) is 19.3 Å². The molecule has 2 amide bonds. The van der Waals surface area contributed by atoms with Gasteiger partial charge in [-0.2, -0.15) is 0 Å². The molecule has 0 aliphatic carbocycles. The summed E-state index contributed by atoms with van der Waals surface area (Å²) >= 11 is 0.923. The molecular weight excluding hydrogens is 286 g/mol. The number of halogens is 2. The molecule has 20 heavy (non-hydrogen) atoms. The Kier molecular flexibility index (Phi) is 6.65. The zero-order chi connectivity index (χ0) is 15.0. The summed E-state index contributed by atoms with van der Waals surface area (Å²) in [6, 6.07) is 2.77. The highest BCUT2D eigenvalue weighted by Crippen LogP contribution is 2.07.